The van der Waals surface area contributed by atoms with Gasteiger partial charge in [-0.1, -0.05) is 6.92 Å². The zero-order valence-corrected chi connectivity index (χ0v) is 11.5. The van der Waals surface area contributed by atoms with Crippen LogP contribution in [0.3, 0.4) is 0 Å². The Morgan fingerprint density at radius 1 is 1.29 bits per heavy atom. The zero-order chi connectivity index (χ0) is 12.7. The first kappa shape index (κ1) is 14.5. The van der Waals surface area contributed by atoms with Crippen LogP contribution >= 0.6 is 0 Å². The van der Waals surface area contributed by atoms with Gasteiger partial charge in [-0.15, -0.1) is 0 Å². The van der Waals surface area contributed by atoms with Crippen LogP contribution in [0.1, 0.15) is 32.6 Å². The van der Waals surface area contributed by atoms with Crippen molar-refractivity contribution < 1.29 is 4.79 Å². The molecule has 0 aromatic rings. The maximum Gasteiger partial charge on any atom is 0.222 e. The van der Waals surface area contributed by atoms with Gasteiger partial charge < -0.3 is 9.80 Å². The first-order valence-electron chi connectivity index (χ1n) is 6.72. The molecule has 0 spiro atoms. The van der Waals surface area contributed by atoms with Crippen molar-refractivity contribution in [2.75, 3.05) is 40.3 Å². The summed E-state index contributed by atoms with van der Waals surface area (Å²) in [5.74, 6) is 0.236. The Labute approximate surface area is 105 Å². The fraction of sp³-hybridized carbons (Fsp3) is 0.923. The van der Waals surface area contributed by atoms with Crippen molar-refractivity contribution in [2.24, 2.45) is 0 Å². The third kappa shape index (κ3) is 5.04. The Balaban J connectivity index is 2.24. The molecule has 1 fully saturated rings. The summed E-state index contributed by atoms with van der Waals surface area (Å²) in [5, 5.41) is 4.39. The largest absolute Gasteiger partial charge is 0.349 e. The van der Waals surface area contributed by atoms with E-state index in [-0.39, 0.29) is 5.91 Å². The predicted molar refractivity (Wildman–Crippen MR) is 70.1 cm³/mol. The highest BCUT2D eigenvalue weighted by Crippen LogP contribution is 2.13. The molecule has 0 atom stereocenters. The molecule has 0 aromatic carbocycles. The van der Waals surface area contributed by atoms with E-state index in [9.17, 15) is 4.79 Å². The van der Waals surface area contributed by atoms with Crippen LogP contribution in [0.2, 0.25) is 0 Å². The fourth-order valence-corrected chi connectivity index (χ4v) is 2.36. The molecule has 0 aromatic heterocycles. The SMILES string of the molecule is CCN(CCCC(=O)N(C)C)C1CC[N]CC1. The van der Waals surface area contributed by atoms with E-state index in [1.807, 2.05) is 14.1 Å². The van der Waals surface area contributed by atoms with E-state index < -0.39 is 0 Å². The third-order valence-electron chi connectivity index (χ3n) is 3.50. The van der Waals surface area contributed by atoms with Crippen LogP contribution in [-0.2, 0) is 4.79 Å². The number of hydrogen-bond donors (Lipinski definition) is 0. The van der Waals surface area contributed by atoms with E-state index in [4.69, 9.17) is 0 Å². The standard InChI is InChI=1S/C13H26N3O/c1-4-16(12-7-9-14-10-8-12)11-5-6-13(17)15(2)3/h12H,4-11H2,1-3H3. The fourth-order valence-electron chi connectivity index (χ4n) is 2.36. The summed E-state index contributed by atoms with van der Waals surface area (Å²) in [6, 6.07) is 0.687. The van der Waals surface area contributed by atoms with E-state index in [2.05, 4.69) is 17.1 Å². The monoisotopic (exact) mass is 240 g/mol. The van der Waals surface area contributed by atoms with Crippen molar-refractivity contribution in [1.29, 1.82) is 0 Å². The summed E-state index contributed by atoms with van der Waals surface area (Å²) in [6.07, 6.45) is 4.02. The van der Waals surface area contributed by atoms with Crippen molar-refractivity contribution in [3.8, 4) is 0 Å². The quantitative estimate of drug-likeness (QED) is 0.693. The van der Waals surface area contributed by atoms with Gasteiger partial charge in [-0.2, -0.15) is 0 Å². The molecule has 99 valence electrons. The third-order valence-corrected chi connectivity index (χ3v) is 3.50. The Hall–Kier alpha value is -0.610. The molecule has 4 nitrogen and oxygen atoms in total. The van der Waals surface area contributed by atoms with Gasteiger partial charge in [0.05, 0.1) is 0 Å². The first-order chi connectivity index (χ1) is 8.15. The zero-order valence-electron chi connectivity index (χ0n) is 11.5. The van der Waals surface area contributed by atoms with Crippen molar-refractivity contribution in [3.05, 3.63) is 0 Å². The molecule has 1 amide bonds. The van der Waals surface area contributed by atoms with Gasteiger partial charge in [0, 0.05) is 39.6 Å². The van der Waals surface area contributed by atoms with Gasteiger partial charge in [-0.3, -0.25) is 4.79 Å². The summed E-state index contributed by atoms with van der Waals surface area (Å²) in [4.78, 5) is 15.7. The summed E-state index contributed by atoms with van der Waals surface area (Å²) in [7, 11) is 3.64. The summed E-state index contributed by atoms with van der Waals surface area (Å²) in [6.45, 7) is 6.36. The molecule has 17 heavy (non-hydrogen) atoms. The van der Waals surface area contributed by atoms with Crippen LogP contribution in [0.4, 0.5) is 0 Å². The van der Waals surface area contributed by atoms with E-state index in [1.165, 1.54) is 12.8 Å². The molecule has 1 heterocycles. The number of piperidine rings is 1. The van der Waals surface area contributed by atoms with Crippen molar-refractivity contribution in [3.63, 3.8) is 0 Å². The van der Waals surface area contributed by atoms with Crippen LogP contribution in [0.25, 0.3) is 0 Å². The molecular formula is C13H26N3O. The minimum atomic E-state index is 0.236. The Bertz CT molecular complexity index is 225. The topological polar surface area (TPSA) is 37.7 Å². The Morgan fingerprint density at radius 2 is 1.94 bits per heavy atom. The van der Waals surface area contributed by atoms with Gasteiger partial charge in [-0.05, 0) is 32.4 Å². The minimum Gasteiger partial charge on any atom is -0.349 e. The van der Waals surface area contributed by atoms with Gasteiger partial charge in [0.1, 0.15) is 0 Å². The van der Waals surface area contributed by atoms with Gasteiger partial charge in [0.2, 0.25) is 5.91 Å². The molecule has 0 saturated carbocycles. The van der Waals surface area contributed by atoms with Crippen molar-refractivity contribution in [2.45, 2.75) is 38.6 Å². The highest BCUT2D eigenvalue weighted by atomic mass is 16.2. The van der Waals surface area contributed by atoms with E-state index >= 15 is 0 Å². The molecule has 1 aliphatic heterocycles. The van der Waals surface area contributed by atoms with E-state index in [0.717, 1.165) is 32.6 Å². The van der Waals surface area contributed by atoms with Crippen LogP contribution in [-0.4, -0.2) is 62.0 Å². The molecular weight excluding hydrogens is 214 g/mol. The number of nitrogens with zero attached hydrogens (tertiary/aromatic N) is 3. The second-order valence-electron chi connectivity index (χ2n) is 4.92. The smallest absolute Gasteiger partial charge is 0.222 e. The molecule has 1 rings (SSSR count). The average Bonchev–Trinajstić information content (AvgIpc) is 2.35. The van der Waals surface area contributed by atoms with Gasteiger partial charge in [0.25, 0.3) is 0 Å². The van der Waals surface area contributed by atoms with Crippen LogP contribution < -0.4 is 5.32 Å². The van der Waals surface area contributed by atoms with E-state index in [1.54, 1.807) is 4.90 Å². The molecule has 0 bridgehead atoms. The normalized spacial score (nSPS) is 17.4. The van der Waals surface area contributed by atoms with Crippen LogP contribution in [0, 0.1) is 0 Å². The maximum atomic E-state index is 11.5. The number of amides is 1. The predicted octanol–water partition coefficient (Wildman–Crippen LogP) is 0.944. The average molecular weight is 240 g/mol. The lowest BCUT2D eigenvalue weighted by Gasteiger charge is -2.33. The second kappa shape index (κ2) is 7.67. The van der Waals surface area contributed by atoms with Crippen molar-refractivity contribution in [1.82, 2.24) is 15.1 Å². The van der Waals surface area contributed by atoms with Crippen LogP contribution in [0.5, 0.6) is 0 Å². The van der Waals surface area contributed by atoms with Gasteiger partial charge in [0.15, 0.2) is 0 Å². The molecule has 0 aliphatic carbocycles. The second-order valence-corrected chi connectivity index (χ2v) is 4.92. The molecule has 1 radical (unpaired) electrons. The maximum absolute atomic E-state index is 11.5. The highest BCUT2D eigenvalue weighted by molar-refractivity contribution is 5.75. The van der Waals surface area contributed by atoms with Crippen molar-refractivity contribution >= 4 is 5.91 Å². The van der Waals surface area contributed by atoms with Crippen LogP contribution in [0.15, 0.2) is 0 Å². The summed E-state index contributed by atoms with van der Waals surface area (Å²) in [5.41, 5.74) is 0. The summed E-state index contributed by atoms with van der Waals surface area (Å²) < 4.78 is 0. The summed E-state index contributed by atoms with van der Waals surface area (Å²) >= 11 is 0. The lowest BCUT2D eigenvalue weighted by molar-refractivity contribution is -0.128. The Kier molecular flexibility index (Phi) is 6.52. The molecule has 0 N–H and O–H groups in total. The molecule has 4 heteroatoms. The minimum absolute atomic E-state index is 0.236. The lowest BCUT2D eigenvalue weighted by Crippen LogP contribution is -2.41. The molecule has 1 aliphatic rings. The highest BCUT2D eigenvalue weighted by Gasteiger charge is 2.19. The lowest BCUT2D eigenvalue weighted by atomic mass is 10.0. The Morgan fingerprint density at radius 3 is 2.47 bits per heavy atom. The number of carbonyl (C=O) groups excluding carboxylic acids is 1. The van der Waals surface area contributed by atoms with Gasteiger partial charge in [-0.25, -0.2) is 5.32 Å². The van der Waals surface area contributed by atoms with Gasteiger partial charge >= 0.3 is 0 Å². The number of hydrogen-bond acceptors (Lipinski definition) is 2. The van der Waals surface area contributed by atoms with E-state index in [0.29, 0.717) is 12.5 Å². The molecule has 1 saturated heterocycles. The molecule has 0 unspecified atom stereocenters. The number of rotatable bonds is 6. The first-order valence-corrected chi connectivity index (χ1v) is 6.72. The number of carbonyl (C=O) groups is 1.